The lowest BCUT2D eigenvalue weighted by Crippen LogP contribution is -2.27. The third-order valence-electron chi connectivity index (χ3n) is 1.45. The van der Waals surface area contributed by atoms with Gasteiger partial charge in [-0.2, -0.15) is 0 Å². The summed E-state index contributed by atoms with van der Waals surface area (Å²) in [6.45, 7) is 0.0597. The van der Waals surface area contributed by atoms with Gasteiger partial charge in [-0.05, 0) is 12.5 Å². The molecule has 0 amide bonds. The number of hydrogen-bond acceptors (Lipinski definition) is 3. The summed E-state index contributed by atoms with van der Waals surface area (Å²) in [4.78, 5) is 0. The normalized spacial score (nSPS) is 32.6. The summed E-state index contributed by atoms with van der Waals surface area (Å²) in [7, 11) is 1.58. The van der Waals surface area contributed by atoms with Crippen molar-refractivity contribution >= 4 is 0 Å². The molecule has 0 saturated heterocycles. The molecule has 2 unspecified atom stereocenters. The lowest BCUT2D eigenvalue weighted by atomic mass is 10.2. The van der Waals surface area contributed by atoms with Crippen LogP contribution in [0.1, 0.15) is 6.42 Å². The van der Waals surface area contributed by atoms with Gasteiger partial charge in [0.1, 0.15) is 0 Å². The molecule has 0 aromatic carbocycles. The van der Waals surface area contributed by atoms with Crippen LogP contribution >= 0.6 is 0 Å². The number of aliphatic hydroxyl groups excluding tert-OH is 1. The largest absolute Gasteiger partial charge is 0.394 e. The van der Waals surface area contributed by atoms with E-state index in [-0.39, 0.29) is 19.0 Å². The van der Waals surface area contributed by atoms with Gasteiger partial charge < -0.3 is 14.6 Å². The zero-order chi connectivity index (χ0) is 7.40. The Morgan fingerprint density at radius 3 is 3.20 bits per heavy atom. The third-order valence-corrected chi connectivity index (χ3v) is 1.45. The molecule has 1 N–H and O–H groups in total. The highest BCUT2D eigenvalue weighted by Gasteiger charge is 2.15. The number of rotatable bonds is 2. The molecule has 2 atom stereocenters. The van der Waals surface area contributed by atoms with Crippen molar-refractivity contribution in [2.75, 3.05) is 13.7 Å². The monoisotopic (exact) mass is 144 g/mol. The smallest absolute Gasteiger partial charge is 0.176 e. The van der Waals surface area contributed by atoms with E-state index in [1.807, 2.05) is 12.2 Å². The van der Waals surface area contributed by atoms with E-state index < -0.39 is 0 Å². The van der Waals surface area contributed by atoms with Crippen LogP contribution in [-0.4, -0.2) is 31.2 Å². The van der Waals surface area contributed by atoms with E-state index in [0.29, 0.717) is 0 Å². The van der Waals surface area contributed by atoms with Crippen molar-refractivity contribution in [2.24, 2.45) is 0 Å². The fraction of sp³-hybridized carbons (Fsp3) is 0.714. The first kappa shape index (κ1) is 7.72. The molecule has 1 rings (SSSR count). The maximum absolute atomic E-state index is 8.69. The molecule has 1 aliphatic rings. The molecule has 0 aromatic heterocycles. The van der Waals surface area contributed by atoms with E-state index in [2.05, 4.69) is 0 Å². The van der Waals surface area contributed by atoms with E-state index >= 15 is 0 Å². The van der Waals surface area contributed by atoms with Gasteiger partial charge in [-0.1, -0.05) is 6.08 Å². The van der Waals surface area contributed by atoms with Gasteiger partial charge in [0.2, 0.25) is 0 Å². The average molecular weight is 144 g/mol. The van der Waals surface area contributed by atoms with Crippen LogP contribution in [0.5, 0.6) is 0 Å². The lowest BCUT2D eigenvalue weighted by molar-refractivity contribution is -0.141. The number of methoxy groups -OCH3 is 1. The maximum Gasteiger partial charge on any atom is 0.176 e. The van der Waals surface area contributed by atoms with Gasteiger partial charge in [0.15, 0.2) is 6.29 Å². The first-order valence-electron chi connectivity index (χ1n) is 3.32. The van der Waals surface area contributed by atoms with Gasteiger partial charge in [-0.3, -0.25) is 0 Å². The zero-order valence-corrected chi connectivity index (χ0v) is 5.99. The fourth-order valence-corrected chi connectivity index (χ4v) is 0.884. The summed E-state index contributed by atoms with van der Waals surface area (Å²) in [5.41, 5.74) is 0. The van der Waals surface area contributed by atoms with E-state index in [1.165, 1.54) is 0 Å². The number of aliphatic hydroxyl groups is 1. The van der Waals surface area contributed by atoms with Crippen molar-refractivity contribution in [1.29, 1.82) is 0 Å². The van der Waals surface area contributed by atoms with Crippen molar-refractivity contribution in [3.63, 3.8) is 0 Å². The second-order valence-corrected chi connectivity index (χ2v) is 2.21. The van der Waals surface area contributed by atoms with Crippen LogP contribution in [0.25, 0.3) is 0 Å². The molecule has 3 nitrogen and oxygen atoms in total. The van der Waals surface area contributed by atoms with Crippen molar-refractivity contribution < 1.29 is 14.6 Å². The topological polar surface area (TPSA) is 38.7 Å². The van der Waals surface area contributed by atoms with Gasteiger partial charge in [-0.15, -0.1) is 0 Å². The highest BCUT2D eigenvalue weighted by molar-refractivity contribution is 4.92. The number of ether oxygens (including phenoxy) is 2. The fourth-order valence-electron chi connectivity index (χ4n) is 0.884. The van der Waals surface area contributed by atoms with Gasteiger partial charge in [0.05, 0.1) is 12.7 Å². The summed E-state index contributed by atoms with van der Waals surface area (Å²) in [6.07, 6.45) is 4.21. The van der Waals surface area contributed by atoms with Crippen LogP contribution in [0.2, 0.25) is 0 Å². The molecule has 0 aliphatic carbocycles. The van der Waals surface area contributed by atoms with Crippen LogP contribution in [0.4, 0.5) is 0 Å². The predicted octanol–water partition coefficient (Wildman–Crippen LogP) is 0.296. The van der Waals surface area contributed by atoms with Crippen LogP contribution in [-0.2, 0) is 9.47 Å². The van der Waals surface area contributed by atoms with Crippen LogP contribution in [0.3, 0.4) is 0 Å². The highest BCUT2D eigenvalue weighted by Crippen LogP contribution is 2.11. The molecule has 10 heavy (non-hydrogen) atoms. The van der Waals surface area contributed by atoms with Crippen molar-refractivity contribution in [2.45, 2.75) is 18.8 Å². The van der Waals surface area contributed by atoms with Crippen LogP contribution < -0.4 is 0 Å². The van der Waals surface area contributed by atoms with Crippen molar-refractivity contribution in [3.05, 3.63) is 12.2 Å². The molecule has 0 aromatic rings. The molecule has 1 heterocycles. The Labute approximate surface area is 60.3 Å². The van der Waals surface area contributed by atoms with Crippen LogP contribution in [0, 0.1) is 0 Å². The average Bonchev–Trinajstić information content (AvgIpc) is 2.05. The Hall–Kier alpha value is -0.380. The van der Waals surface area contributed by atoms with Gasteiger partial charge >= 0.3 is 0 Å². The molecule has 3 heteroatoms. The van der Waals surface area contributed by atoms with E-state index in [1.54, 1.807) is 7.11 Å². The number of hydrogen-bond donors (Lipinski definition) is 1. The molecule has 0 spiro atoms. The quantitative estimate of drug-likeness (QED) is 0.566. The van der Waals surface area contributed by atoms with Gasteiger partial charge in [0.25, 0.3) is 0 Å². The van der Waals surface area contributed by atoms with E-state index in [4.69, 9.17) is 14.6 Å². The summed E-state index contributed by atoms with van der Waals surface area (Å²) in [5, 5.41) is 8.69. The molecule has 0 fully saturated rings. The Kier molecular flexibility index (Phi) is 2.86. The summed E-state index contributed by atoms with van der Waals surface area (Å²) in [6, 6.07) is 0. The van der Waals surface area contributed by atoms with Crippen molar-refractivity contribution in [3.8, 4) is 0 Å². The van der Waals surface area contributed by atoms with Gasteiger partial charge in [0, 0.05) is 7.11 Å². The maximum atomic E-state index is 8.69. The summed E-state index contributed by atoms with van der Waals surface area (Å²) in [5.74, 6) is 0. The Morgan fingerprint density at radius 2 is 2.60 bits per heavy atom. The third kappa shape index (κ3) is 1.80. The standard InChI is InChI=1S/C7H12O3/c1-9-7-4-2-3-6(5-8)10-7/h2,4,6-8H,3,5H2,1H3. The Bertz CT molecular complexity index is 122. The molecule has 0 bridgehead atoms. The SMILES string of the molecule is COC1C=CCC(CO)O1. The van der Waals surface area contributed by atoms with Gasteiger partial charge in [-0.25, -0.2) is 0 Å². The first-order valence-corrected chi connectivity index (χ1v) is 3.32. The second kappa shape index (κ2) is 3.71. The Balaban J connectivity index is 2.38. The molecule has 1 aliphatic heterocycles. The molecule has 58 valence electrons. The minimum absolute atomic E-state index is 0.0597. The molecular formula is C7H12O3. The molecular weight excluding hydrogens is 132 g/mol. The summed E-state index contributed by atoms with van der Waals surface area (Å²) >= 11 is 0. The first-order chi connectivity index (χ1) is 4.86. The minimum atomic E-state index is -0.272. The lowest BCUT2D eigenvalue weighted by Gasteiger charge is -2.22. The second-order valence-electron chi connectivity index (χ2n) is 2.21. The molecule has 0 saturated carbocycles. The Morgan fingerprint density at radius 1 is 1.80 bits per heavy atom. The van der Waals surface area contributed by atoms with Crippen LogP contribution in [0.15, 0.2) is 12.2 Å². The molecule has 0 radical (unpaired) electrons. The minimum Gasteiger partial charge on any atom is -0.394 e. The van der Waals surface area contributed by atoms with E-state index in [9.17, 15) is 0 Å². The van der Waals surface area contributed by atoms with E-state index in [0.717, 1.165) is 6.42 Å². The predicted molar refractivity (Wildman–Crippen MR) is 36.5 cm³/mol. The van der Waals surface area contributed by atoms with Crippen molar-refractivity contribution in [1.82, 2.24) is 0 Å². The zero-order valence-electron chi connectivity index (χ0n) is 5.99. The summed E-state index contributed by atoms with van der Waals surface area (Å²) < 4.78 is 10.1. The highest BCUT2D eigenvalue weighted by atomic mass is 16.7.